The molecule has 0 saturated heterocycles. The maximum absolute atomic E-state index is 12.4. The molecule has 0 aromatic rings. The molecule has 2 aliphatic rings. The number of esters is 2. The predicted molar refractivity (Wildman–Crippen MR) is 57.0 cm³/mol. The van der Waals surface area contributed by atoms with Crippen LogP contribution in [-0.2, 0) is 23.9 Å². The lowest BCUT2D eigenvalue weighted by molar-refractivity contribution is -0.166. The topological polar surface area (TPSA) is 69.7 Å². The van der Waals surface area contributed by atoms with E-state index in [0.717, 1.165) is 0 Å². The Morgan fingerprint density at radius 1 is 0.941 bits per heavy atom. The van der Waals surface area contributed by atoms with Crippen LogP contribution < -0.4 is 0 Å². The van der Waals surface area contributed by atoms with Crippen LogP contribution in [0.3, 0.4) is 0 Å². The summed E-state index contributed by atoms with van der Waals surface area (Å²) in [6.45, 7) is 0. The summed E-state index contributed by atoms with van der Waals surface area (Å²) in [4.78, 5) is 36.1. The first-order chi connectivity index (χ1) is 8.03. The van der Waals surface area contributed by atoms with Crippen molar-refractivity contribution < 1.29 is 23.9 Å². The molecule has 0 spiro atoms. The Labute approximate surface area is 99.5 Å². The number of ether oxygens (including phenoxy) is 2. The van der Waals surface area contributed by atoms with E-state index in [2.05, 4.69) is 0 Å². The number of methoxy groups -OCH3 is 2. The van der Waals surface area contributed by atoms with Gasteiger partial charge in [-0.25, -0.2) is 0 Å². The van der Waals surface area contributed by atoms with Gasteiger partial charge < -0.3 is 9.47 Å². The molecule has 0 radical (unpaired) electrons. The highest BCUT2D eigenvalue weighted by Crippen LogP contribution is 2.56. The first-order valence-corrected chi connectivity index (χ1v) is 5.75. The molecule has 17 heavy (non-hydrogen) atoms. The SMILES string of the molecule is COC(=O)C12CCCC(C(=O)OC)(CC1)C2=O. The molecular formula is C12H16O5. The molecule has 2 saturated carbocycles. The number of ketones is 1. The largest absolute Gasteiger partial charge is 0.468 e. The van der Waals surface area contributed by atoms with Crippen LogP contribution in [0.1, 0.15) is 32.1 Å². The Hall–Kier alpha value is -1.39. The van der Waals surface area contributed by atoms with Gasteiger partial charge in [-0.05, 0) is 25.7 Å². The zero-order valence-electron chi connectivity index (χ0n) is 10.1. The summed E-state index contributed by atoms with van der Waals surface area (Å²) in [5.41, 5.74) is -2.19. The molecule has 0 amide bonds. The zero-order valence-corrected chi connectivity index (χ0v) is 10.1. The second-order valence-electron chi connectivity index (χ2n) is 4.83. The maximum atomic E-state index is 12.4. The molecule has 0 N–H and O–H groups in total. The van der Waals surface area contributed by atoms with Crippen LogP contribution in [0.15, 0.2) is 0 Å². The fourth-order valence-electron chi connectivity index (χ4n) is 3.27. The van der Waals surface area contributed by atoms with Crippen molar-refractivity contribution in [2.75, 3.05) is 14.2 Å². The van der Waals surface area contributed by atoms with E-state index in [0.29, 0.717) is 32.1 Å². The average Bonchev–Trinajstić information content (AvgIpc) is 2.55. The van der Waals surface area contributed by atoms with Gasteiger partial charge in [0.05, 0.1) is 14.2 Å². The van der Waals surface area contributed by atoms with Crippen LogP contribution in [0.2, 0.25) is 0 Å². The Morgan fingerprint density at radius 2 is 1.35 bits per heavy atom. The number of rotatable bonds is 2. The van der Waals surface area contributed by atoms with Crippen molar-refractivity contribution in [1.82, 2.24) is 0 Å². The van der Waals surface area contributed by atoms with E-state index in [1.54, 1.807) is 0 Å². The van der Waals surface area contributed by atoms with Gasteiger partial charge >= 0.3 is 11.9 Å². The molecule has 0 heterocycles. The molecule has 2 rings (SSSR count). The fourth-order valence-corrected chi connectivity index (χ4v) is 3.27. The Morgan fingerprint density at radius 3 is 1.71 bits per heavy atom. The van der Waals surface area contributed by atoms with E-state index in [9.17, 15) is 14.4 Å². The van der Waals surface area contributed by atoms with Crippen molar-refractivity contribution in [2.24, 2.45) is 10.8 Å². The Kier molecular flexibility index (Phi) is 2.72. The monoisotopic (exact) mass is 240 g/mol. The van der Waals surface area contributed by atoms with Gasteiger partial charge in [-0.3, -0.25) is 14.4 Å². The van der Waals surface area contributed by atoms with E-state index in [1.165, 1.54) is 14.2 Å². The summed E-state index contributed by atoms with van der Waals surface area (Å²) < 4.78 is 9.46. The van der Waals surface area contributed by atoms with Crippen molar-refractivity contribution in [3.05, 3.63) is 0 Å². The molecule has 0 aromatic carbocycles. The normalized spacial score (nSPS) is 35.5. The number of carbonyl (C=O) groups is 3. The van der Waals surface area contributed by atoms with E-state index < -0.39 is 22.8 Å². The van der Waals surface area contributed by atoms with Gasteiger partial charge in [-0.1, -0.05) is 6.42 Å². The third kappa shape index (κ3) is 1.34. The minimum Gasteiger partial charge on any atom is -0.468 e. The van der Waals surface area contributed by atoms with Gasteiger partial charge in [0.2, 0.25) is 0 Å². The van der Waals surface area contributed by atoms with Gasteiger partial charge in [0.25, 0.3) is 0 Å². The van der Waals surface area contributed by atoms with Crippen LogP contribution >= 0.6 is 0 Å². The number of hydrogen-bond acceptors (Lipinski definition) is 5. The molecule has 0 aromatic heterocycles. The minimum absolute atomic E-state index is 0.296. The lowest BCUT2D eigenvalue weighted by atomic mass is 9.67. The molecular weight excluding hydrogens is 224 g/mol. The van der Waals surface area contributed by atoms with Crippen LogP contribution in [0.25, 0.3) is 0 Å². The summed E-state index contributed by atoms with van der Waals surface area (Å²) >= 11 is 0. The maximum Gasteiger partial charge on any atom is 0.319 e. The van der Waals surface area contributed by atoms with Crippen molar-refractivity contribution in [3.63, 3.8) is 0 Å². The van der Waals surface area contributed by atoms with Gasteiger partial charge in [-0.2, -0.15) is 0 Å². The van der Waals surface area contributed by atoms with E-state index in [4.69, 9.17) is 9.47 Å². The Balaban J connectivity index is 2.41. The predicted octanol–water partition coefficient (Wildman–Crippen LogP) is 0.852. The summed E-state index contributed by atoms with van der Waals surface area (Å²) in [7, 11) is 2.55. The third-order valence-corrected chi connectivity index (χ3v) is 4.21. The standard InChI is InChI=1S/C12H16O5/c1-16-9(14)11-4-3-5-12(7-6-11,8(11)13)10(15)17-2/h3-7H2,1-2H3. The van der Waals surface area contributed by atoms with Gasteiger partial charge in [-0.15, -0.1) is 0 Å². The molecule has 2 aliphatic carbocycles. The van der Waals surface area contributed by atoms with Crippen LogP contribution in [0.5, 0.6) is 0 Å². The van der Waals surface area contributed by atoms with Crippen molar-refractivity contribution >= 4 is 17.7 Å². The highest BCUT2D eigenvalue weighted by molar-refractivity contribution is 6.16. The van der Waals surface area contributed by atoms with Crippen molar-refractivity contribution in [2.45, 2.75) is 32.1 Å². The summed E-state index contributed by atoms with van der Waals surface area (Å²) in [6, 6.07) is 0. The molecule has 94 valence electrons. The highest BCUT2D eigenvalue weighted by atomic mass is 16.5. The average molecular weight is 240 g/mol. The number of carbonyl (C=O) groups excluding carboxylic acids is 3. The van der Waals surface area contributed by atoms with E-state index >= 15 is 0 Å². The fraction of sp³-hybridized carbons (Fsp3) is 0.750. The lowest BCUT2D eigenvalue weighted by Gasteiger charge is -2.34. The second-order valence-corrected chi connectivity index (χ2v) is 4.83. The number of hydrogen-bond donors (Lipinski definition) is 0. The molecule has 2 fully saturated rings. The van der Waals surface area contributed by atoms with Gasteiger partial charge in [0.1, 0.15) is 10.8 Å². The van der Waals surface area contributed by atoms with Crippen LogP contribution in [-0.4, -0.2) is 31.9 Å². The van der Waals surface area contributed by atoms with Gasteiger partial charge in [0, 0.05) is 0 Å². The zero-order chi connectivity index (χ0) is 12.7. The van der Waals surface area contributed by atoms with Crippen molar-refractivity contribution in [3.8, 4) is 0 Å². The minimum atomic E-state index is -1.10. The first kappa shape index (κ1) is 12.1. The third-order valence-electron chi connectivity index (χ3n) is 4.21. The quantitative estimate of drug-likeness (QED) is 0.528. The van der Waals surface area contributed by atoms with Crippen LogP contribution in [0.4, 0.5) is 0 Å². The molecule has 2 atom stereocenters. The van der Waals surface area contributed by atoms with E-state index in [1.807, 2.05) is 0 Å². The summed E-state index contributed by atoms with van der Waals surface area (Å²) in [6.07, 6.45) is 2.44. The number of fused-ring (bicyclic) bond motifs is 2. The molecule has 2 unspecified atom stereocenters. The highest BCUT2D eigenvalue weighted by Gasteiger charge is 2.66. The smallest absolute Gasteiger partial charge is 0.319 e. The summed E-state index contributed by atoms with van der Waals surface area (Å²) in [5.74, 6) is -1.31. The molecule has 0 aliphatic heterocycles. The van der Waals surface area contributed by atoms with Gasteiger partial charge in [0.15, 0.2) is 5.78 Å². The summed E-state index contributed by atoms with van der Waals surface area (Å²) in [5, 5.41) is 0. The molecule has 5 nitrogen and oxygen atoms in total. The van der Waals surface area contributed by atoms with E-state index in [-0.39, 0.29) is 5.78 Å². The molecule has 5 heteroatoms. The number of Topliss-reactive ketones (excluding diaryl/α,β-unsaturated/α-hetero) is 1. The first-order valence-electron chi connectivity index (χ1n) is 5.75. The lowest BCUT2D eigenvalue weighted by Crippen LogP contribution is -2.48. The second kappa shape index (κ2) is 3.82. The van der Waals surface area contributed by atoms with Crippen molar-refractivity contribution in [1.29, 1.82) is 0 Å². The molecule has 2 bridgehead atoms. The Bertz CT molecular complexity index is 354. The van der Waals surface area contributed by atoms with Crippen LogP contribution in [0, 0.1) is 10.8 Å².